The summed E-state index contributed by atoms with van der Waals surface area (Å²) in [5, 5.41) is 0.788. The quantitative estimate of drug-likeness (QED) is 0.877. The number of nitrogens with zero attached hydrogens (tertiary/aromatic N) is 1. The van der Waals surface area contributed by atoms with Crippen molar-refractivity contribution in [1.82, 2.24) is 4.98 Å². The zero-order valence-corrected chi connectivity index (χ0v) is 10.1. The number of hydrogen-bond acceptors (Lipinski definition) is 2. The summed E-state index contributed by atoms with van der Waals surface area (Å²) in [5.41, 5.74) is 7.52. The average molecular weight is 237 g/mol. The lowest BCUT2D eigenvalue weighted by Crippen LogP contribution is -2.31. The number of nitrogens with two attached hydrogens (primary N) is 1. The highest BCUT2D eigenvalue weighted by molar-refractivity contribution is 6.31. The first kappa shape index (κ1) is 10.5. The van der Waals surface area contributed by atoms with Crippen molar-refractivity contribution in [2.24, 2.45) is 23.0 Å². The standard InChI is InChI=1S/C13H17ClN2/c14-12-7-16-2-1-9(12)4-13(8-15)5-10-3-11(10)6-13/h1-2,7,10-11H,3-6,8,15H2. The molecule has 2 unspecified atom stereocenters. The van der Waals surface area contributed by atoms with E-state index in [0.29, 0.717) is 5.41 Å². The fourth-order valence-electron chi connectivity index (χ4n) is 3.34. The van der Waals surface area contributed by atoms with Gasteiger partial charge in [-0.25, -0.2) is 0 Å². The van der Waals surface area contributed by atoms with E-state index in [-0.39, 0.29) is 0 Å². The lowest BCUT2D eigenvalue weighted by Gasteiger charge is -2.29. The van der Waals surface area contributed by atoms with Crippen LogP contribution in [0, 0.1) is 17.3 Å². The van der Waals surface area contributed by atoms with Crippen molar-refractivity contribution in [3.05, 3.63) is 29.0 Å². The first-order valence-electron chi connectivity index (χ1n) is 6.01. The van der Waals surface area contributed by atoms with Gasteiger partial charge in [-0.15, -0.1) is 0 Å². The zero-order valence-electron chi connectivity index (χ0n) is 9.32. The van der Waals surface area contributed by atoms with Crippen LogP contribution in [0.1, 0.15) is 24.8 Å². The second-order valence-electron chi connectivity index (χ2n) is 5.51. The molecule has 1 aromatic rings. The van der Waals surface area contributed by atoms with Crippen molar-refractivity contribution >= 4 is 11.6 Å². The second kappa shape index (κ2) is 3.71. The molecule has 2 nitrogen and oxygen atoms in total. The molecule has 0 aromatic carbocycles. The van der Waals surface area contributed by atoms with Crippen LogP contribution in [0.4, 0.5) is 0 Å². The number of hydrogen-bond donors (Lipinski definition) is 1. The molecule has 1 heterocycles. The first-order valence-corrected chi connectivity index (χ1v) is 6.39. The summed E-state index contributed by atoms with van der Waals surface area (Å²) in [7, 11) is 0. The number of halogens is 1. The maximum Gasteiger partial charge on any atom is 0.0621 e. The van der Waals surface area contributed by atoms with Crippen molar-refractivity contribution in [2.75, 3.05) is 6.54 Å². The Bertz CT molecular complexity index is 395. The van der Waals surface area contributed by atoms with Crippen LogP contribution in [0.5, 0.6) is 0 Å². The molecular formula is C13H17ClN2. The van der Waals surface area contributed by atoms with Crippen molar-refractivity contribution in [3.63, 3.8) is 0 Å². The molecule has 0 saturated heterocycles. The van der Waals surface area contributed by atoms with Crippen LogP contribution in [-0.2, 0) is 6.42 Å². The van der Waals surface area contributed by atoms with Crippen LogP contribution < -0.4 is 5.73 Å². The third-order valence-electron chi connectivity index (χ3n) is 4.31. The molecular weight excluding hydrogens is 220 g/mol. The minimum absolute atomic E-state index is 0.318. The van der Waals surface area contributed by atoms with Crippen LogP contribution in [0.15, 0.2) is 18.5 Å². The normalized spacial score (nSPS) is 36.1. The molecule has 3 rings (SSSR count). The summed E-state index contributed by atoms with van der Waals surface area (Å²) in [6, 6.07) is 2.03. The van der Waals surface area contributed by atoms with Gasteiger partial charge in [0, 0.05) is 12.4 Å². The summed E-state index contributed by atoms with van der Waals surface area (Å²) >= 11 is 6.17. The Balaban J connectivity index is 1.80. The molecule has 3 heteroatoms. The van der Waals surface area contributed by atoms with Crippen LogP contribution in [-0.4, -0.2) is 11.5 Å². The molecule has 2 saturated carbocycles. The molecule has 2 fully saturated rings. The highest BCUT2D eigenvalue weighted by Gasteiger charge is 2.52. The molecule has 2 aliphatic carbocycles. The van der Waals surface area contributed by atoms with Crippen LogP contribution >= 0.6 is 11.6 Å². The van der Waals surface area contributed by atoms with Crippen molar-refractivity contribution in [3.8, 4) is 0 Å². The van der Waals surface area contributed by atoms with E-state index in [9.17, 15) is 0 Å². The molecule has 0 amide bonds. The third kappa shape index (κ3) is 1.74. The van der Waals surface area contributed by atoms with E-state index in [2.05, 4.69) is 4.98 Å². The lowest BCUT2D eigenvalue weighted by molar-refractivity contribution is 0.273. The molecule has 0 radical (unpaired) electrons. The van der Waals surface area contributed by atoms with Gasteiger partial charge in [-0.05, 0) is 61.1 Å². The van der Waals surface area contributed by atoms with Gasteiger partial charge in [0.25, 0.3) is 0 Å². The highest BCUT2D eigenvalue weighted by atomic mass is 35.5. The Hall–Kier alpha value is -0.600. The maximum atomic E-state index is 6.17. The van der Waals surface area contributed by atoms with E-state index in [4.69, 9.17) is 17.3 Å². The summed E-state index contributed by atoms with van der Waals surface area (Å²) in [6.07, 6.45) is 8.61. The van der Waals surface area contributed by atoms with E-state index in [1.807, 2.05) is 12.3 Å². The fourth-order valence-corrected chi connectivity index (χ4v) is 3.53. The maximum absolute atomic E-state index is 6.17. The fraction of sp³-hybridized carbons (Fsp3) is 0.615. The highest BCUT2D eigenvalue weighted by Crippen LogP contribution is 2.60. The lowest BCUT2D eigenvalue weighted by atomic mass is 9.78. The van der Waals surface area contributed by atoms with Gasteiger partial charge >= 0.3 is 0 Å². The molecule has 0 aliphatic heterocycles. The Morgan fingerprint density at radius 1 is 1.44 bits per heavy atom. The van der Waals surface area contributed by atoms with E-state index < -0.39 is 0 Å². The molecule has 0 bridgehead atoms. The Kier molecular flexibility index (Phi) is 2.45. The first-order chi connectivity index (χ1) is 7.72. The molecule has 16 heavy (non-hydrogen) atoms. The summed E-state index contributed by atoms with van der Waals surface area (Å²) < 4.78 is 0. The topological polar surface area (TPSA) is 38.9 Å². The smallest absolute Gasteiger partial charge is 0.0621 e. The minimum atomic E-state index is 0.318. The monoisotopic (exact) mass is 236 g/mol. The number of pyridine rings is 1. The number of aromatic nitrogens is 1. The molecule has 0 spiro atoms. The van der Waals surface area contributed by atoms with Gasteiger partial charge in [0.1, 0.15) is 0 Å². The SMILES string of the molecule is NCC1(Cc2ccncc2Cl)CC2CC2C1. The predicted octanol–water partition coefficient (Wildman–Crippen LogP) is 2.65. The minimum Gasteiger partial charge on any atom is -0.330 e. The summed E-state index contributed by atoms with van der Waals surface area (Å²) in [6.45, 7) is 0.790. The Labute approximate surface area is 101 Å². The van der Waals surface area contributed by atoms with Gasteiger partial charge in [-0.1, -0.05) is 11.6 Å². The van der Waals surface area contributed by atoms with E-state index in [1.165, 1.54) is 24.8 Å². The van der Waals surface area contributed by atoms with Crippen molar-refractivity contribution < 1.29 is 0 Å². The van der Waals surface area contributed by atoms with E-state index >= 15 is 0 Å². The van der Waals surface area contributed by atoms with Gasteiger partial charge in [0.2, 0.25) is 0 Å². The molecule has 2 aliphatic rings. The van der Waals surface area contributed by atoms with E-state index in [0.717, 1.165) is 29.8 Å². The van der Waals surface area contributed by atoms with Crippen molar-refractivity contribution in [2.45, 2.75) is 25.7 Å². The Morgan fingerprint density at radius 3 is 2.81 bits per heavy atom. The van der Waals surface area contributed by atoms with Gasteiger partial charge in [-0.2, -0.15) is 0 Å². The van der Waals surface area contributed by atoms with Gasteiger partial charge in [-0.3, -0.25) is 4.98 Å². The van der Waals surface area contributed by atoms with Gasteiger partial charge in [0.05, 0.1) is 5.02 Å². The molecule has 2 N–H and O–H groups in total. The number of rotatable bonds is 3. The van der Waals surface area contributed by atoms with Gasteiger partial charge in [0.15, 0.2) is 0 Å². The number of fused-ring (bicyclic) bond motifs is 1. The summed E-state index contributed by atoms with van der Waals surface area (Å²) in [4.78, 5) is 4.03. The summed E-state index contributed by atoms with van der Waals surface area (Å²) in [5.74, 6) is 1.92. The van der Waals surface area contributed by atoms with E-state index in [1.54, 1.807) is 6.20 Å². The average Bonchev–Trinajstić information content (AvgIpc) is 2.91. The third-order valence-corrected chi connectivity index (χ3v) is 4.65. The van der Waals surface area contributed by atoms with Gasteiger partial charge < -0.3 is 5.73 Å². The predicted molar refractivity (Wildman–Crippen MR) is 65.3 cm³/mol. The zero-order chi connectivity index (χ0) is 11.2. The van der Waals surface area contributed by atoms with Crippen LogP contribution in [0.25, 0.3) is 0 Å². The molecule has 86 valence electrons. The van der Waals surface area contributed by atoms with Crippen LogP contribution in [0.2, 0.25) is 5.02 Å². The second-order valence-corrected chi connectivity index (χ2v) is 5.92. The molecule has 2 atom stereocenters. The van der Waals surface area contributed by atoms with Crippen molar-refractivity contribution in [1.29, 1.82) is 0 Å². The van der Waals surface area contributed by atoms with Crippen LogP contribution in [0.3, 0.4) is 0 Å². The Morgan fingerprint density at radius 2 is 2.19 bits per heavy atom. The molecule has 1 aromatic heterocycles. The largest absolute Gasteiger partial charge is 0.330 e.